The summed E-state index contributed by atoms with van der Waals surface area (Å²) >= 11 is 0. The molecular weight excluding hydrogens is 262 g/mol. The number of amides is 1. The first-order chi connectivity index (χ1) is 10.1. The van der Waals surface area contributed by atoms with E-state index in [0.717, 1.165) is 49.9 Å². The number of carbonyl (C=O) groups excluding carboxylic acids is 1. The lowest BCUT2D eigenvalue weighted by Gasteiger charge is -2.32. The van der Waals surface area contributed by atoms with Gasteiger partial charge in [-0.3, -0.25) is 4.79 Å². The van der Waals surface area contributed by atoms with Crippen molar-refractivity contribution in [2.75, 3.05) is 24.5 Å². The van der Waals surface area contributed by atoms with E-state index in [9.17, 15) is 4.79 Å². The predicted octanol–water partition coefficient (Wildman–Crippen LogP) is 3.00. The summed E-state index contributed by atoms with van der Waals surface area (Å²) in [5.41, 5.74) is 1.05. The maximum absolute atomic E-state index is 11.7. The highest BCUT2D eigenvalue weighted by Crippen LogP contribution is 2.32. The van der Waals surface area contributed by atoms with Crippen LogP contribution in [0.25, 0.3) is 0 Å². The van der Waals surface area contributed by atoms with E-state index in [-0.39, 0.29) is 11.9 Å². The van der Waals surface area contributed by atoms with Crippen molar-refractivity contribution in [3.63, 3.8) is 0 Å². The Morgan fingerprint density at radius 3 is 2.67 bits per heavy atom. The lowest BCUT2D eigenvalue weighted by atomic mass is 9.99. The molecule has 1 unspecified atom stereocenters. The first kappa shape index (κ1) is 14.4. The zero-order chi connectivity index (χ0) is 14.8. The summed E-state index contributed by atoms with van der Waals surface area (Å²) in [6.07, 6.45) is 4.61. The number of carbonyl (C=O) groups is 1. The molecule has 0 saturated carbocycles. The lowest BCUT2D eigenvalue weighted by molar-refractivity contribution is -0.129. The summed E-state index contributed by atoms with van der Waals surface area (Å²) in [6.45, 7) is 7.04. The normalized spacial score (nSPS) is 23.6. The van der Waals surface area contributed by atoms with Crippen molar-refractivity contribution in [2.45, 2.75) is 45.6 Å². The third-order valence-electron chi connectivity index (χ3n) is 4.86. The second-order valence-corrected chi connectivity index (χ2v) is 6.46. The molecule has 0 aromatic carbocycles. The Kier molecular flexibility index (Phi) is 4.13. The van der Waals surface area contributed by atoms with Crippen LogP contribution in [0.15, 0.2) is 18.2 Å². The molecule has 4 heteroatoms. The molecule has 1 amide bonds. The van der Waals surface area contributed by atoms with Crippen molar-refractivity contribution in [2.24, 2.45) is 5.92 Å². The molecular formula is C17H25N3O. The monoisotopic (exact) mass is 287 g/mol. The van der Waals surface area contributed by atoms with Crippen LogP contribution in [0.2, 0.25) is 0 Å². The molecule has 3 heterocycles. The summed E-state index contributed by atoms with van der Waals surface area (Å²) in [6, 6.07) is 6.44. The van der Waals surface area contributed by atoms with Gasteiger partial charge in [0.25, 0.3) is 0 Å². The van der Waals surface area contributed by atoms with Gasteiger partial charge in [-0.2, -0.15) is 0 Å². The van der Waals surface area contributed by atoms with E-state index in [0.29, 0.717) is 0 Å². The molecule has 4 nitrogen and oxygen atoms in total. The second-order valence-electron chi connectivity index (χ2n) is 6.46. The quantitative estimate of drug-likeness (QED) is 0.839. The fourth-order valence-electron chi connectivity index (χ4n) is 3.49. The molecule has 0 spiro atoms. The highest BCUT2D eigenvalue weighted by molar-refractivity contribution is 5.74. The van der Waals surface area contributed by atoms with E-state index in [1.165, 1.54) is 12.8 Å². The molecule has 2 aliphatic heterocycles. The van der Waals surface area contributed by atoms with E-state index in [1.807, 2.05) is 4.90 Å². The average Bonchev–Trinajstić information content (AvgIpc) is 2.98. The largest absolute Gasteiger partial charge is 0.357 e. The van der Waals surface area contributed by atoms with E-state index in [4.69, 9.17) is 4.98 Å². The summed E-state index contributed by atoms with van der Waals surface area (Å²) < 4.78 is 0. The molecule has 21 heavy (non-hydrogen) atoms. The number of nitrogens with zero attached hydrogens (tertiary/aromatic N) is 3. The SMILES string of the molecule is CC(=O)N1CCCC1c1cccc(N2CCC(C)CC2)n1. The number of hydrogen-bond acceptors (Lipinski definition) is 3. The van der Waals surface area contributed by atoms with E-state index < -0.39 is 0 Å². The highest BCUT2D eigenvalue weighted by atomic mass is 16.2. The van der Waals surface area contributed by atoms with Gasteiger partial charge >= 0.3 is 0 Å². The van der Waals surface area contributed by atoms with Gasteiger partial charge in [0.05, 0.1) is 11.7 Å². The number of aromatic nitrogens is 1. The third kappa shape index (κ3) is 3.04. The van der Waals surface area contributed by atoms with Gasteiger partial charge in [0.1, 0.15) is 5.82 Å². The number of rotatable bonds is 2. The van der Waals surface area contributed by atoms with Gasteiger partial charge in [-0.25, -0.2) is 4.98 Å². The molecule has 2 fully saturated rings. The molecule has 0 aliphatic carbocycles. The zero-order valence-electron chi connectivity index (χ0n) is 13.1. The lowest BCUT2D eigenvalue weighted by Crippen LogP contribution is -2.34. The summed E-state index contributed by atoms with van der Waals surface area (Å²) in [7, 11) is 0. The molecule has 2 aliphatic rings. The molecule has 114 valence electrons. The Balaban J connectivity index is 1.78. The Bertz CT molecular complexity index is 509. The number of piperidine rings is 1. The van der Waals surface area contributed by atoms with Crippen LogP contribution in [0.4, 0.5) is 5.82 Å². The molecule has 0 radical (unpaired) electrons. The van der Waals surface area contributed by atoms with Crippen molar-refractivity contribution >= 4 is 11.7 Å². The van der Waals surface area contributed by atoms with E-state index >= 15 is 0 Å². The fraction of sp³-hybridized carbons (Fsp3) is 0.647. The maximum Gasteiger partial charge on any atom is 0.220 e. The fourth-order valence-corrected chi connectivity index (χ4v) is 3.49. The van der Waals surface area contributed by atoms with Crippen LogP contribution in [0.1, 0.15) is 51.3 Å². The Morgan fingerprint density at radius 1 is 1.19 bits per heavy atom. The minimum atomic E-state index is 0.163. The predicted molar refractivity (Wildman–Crippen MR) is 84.2 cm³/mol. The molecule has 0 bridgehead atoms. The number of likely N-dealkylation sites (tertiary alicyclic amines) is 1. The van der Waals surface area contributed by atoms with Gasteiger partial charge in [-0.1, -0.05) is 13.0 Å². The average molecular weight is 287 g/mol. The Hall–Kier alpha value is -1.58. The van der Waals surface area contributed by atoms with Crippen LogP contribution in [-0.2, 0) is 4.79 Å². The van der Waals surface area contributed by atoms with Gasteiger partial charge < -0.3 is 9.80 Å². The van der Waals surface area contributed by atoms with Crippen molar-refractivity contribution < 1.29 is 4.79 Å². The standard InChI is InChI=1S/C17H25N3O/c1-13-8-11-19(12-9-13)17-7-3-5-15(18-17)16-6-4-10-20(16)14(2)21/h3,5,7,13,16H,4,6,8-12H2,1-2H3. The van der Waals surface area contributed by atoms with E-state index in [1.54, 1.807) is 6.92 Å². The van der Waals surface area contributed by atoms with Crippen LogP contribution in [0.3, 0.4) is 0 Å². The first-order valence-corrected chi connectivity index (χ1v) is 8.14. The minimum Gasteiger partial charge on any atom is -0.357 e. The molecule has 1 aromatic rings. The molecule has 0 N–H and O–H groups in total. The highest BCUT2D eigenvalue weighted by Gasteiger charge is 2.29. The van der Waals surface area contributed by atoms with Gasteiger partial charge in [-0.05, 0) is 43.7 Å². The summed E-state index contributed by atoms with van der Waals surface area (Å²) in [5, 5.41) is 0. The smallest absolute Gasteiger partial charge is 0.220 e. The van der Waals surface area contributed by atoms with Gasteiger partial charge in [0.15, 0.2) is 0 Å². The van der Waals surface area contributed by atoms with Gasteiger partial charge in [0.2, 0.25) is 5.91 Å². The van der Waals surface area contributed by atoms with Gasteiger partial charge in [-0.15, -0.1) is 0 Å². The Labute approximate surface area is 127 Å². The van der Waals surface area contributed by atoms with Gasteiger partial charge in [0, 0.05) is 26.6 Å². The van der Waals surface area contributed by atoms with Crippen molar-refractivity contribution in [3.8, 4) is 0 Å². The maximum atomic E-state index is 11.7. The summed E-state index contributed by atoms with van der Waals surface area (Å²) in [5.74, 6) is 2.07. The molecule has 3 rings (SSSR count). The third-order valence-corrected chi connectivity index (χ3v) is 4.86. The second kappa shape index (κ2) is 6.04. The van der Waals surface area contributed by atoms with Crippen LogP contribution >= 0.6 is 0 Å². The molecule has 1 aromatic heterocycles. The van der Waals surface area contributed by atoms with Crippen LogP contribution in [0, 0.1) is 5.92 Å². The summed E-state index contributed by atoms with van der Waals surface area (Å²) in [4.78, 5) is 21.0. The topological polar surface area (TPSA) is 36.4 Å². The number of anilines is 1. The first-order valence-electron chi connectivity index (χ1n) is 8.14. The van der Waals surface area contributed by atoms with Crippen LogP contribution in [-0.4, -0.2) is 35.4 Å². The Morgan fingerprint density at radius 2 is 1.95 bits per heavy atom. The van der Waals surface area contributed by atoms with Crippen molar-refractivity contribution in [3.05, 3.63) is 23.9 Å². The van der Waals surface area contributed by atoms with Crippen molar-refractivity contribution in [1.82, 2.24) is 9.88 Å². The number of pyridine rings is 1. The zero-order valence-corrected chi connectivity index (χ0v) is 13.1. The number of hydrogen-bond donors (Lipinski definition) is 0. The molecule has 1 atom stereocenters. The van der Waals surface area contributed by atoms with E-state index in [2.05, 4.69) is 30.0 Å². The van der Waals surface area contributed by atoms with Crippen LogP contribution < -0.4 is 4.90 Å². The van der Waals surface area contributed by atoms with Crippen LogP contribution in [0.5, 0.6) is 0 Å². The molecule has 2 saturated heterocycles. The van der Waals surface area contributed by atoms with Crippen molar-refractivity contribution in [1.29, 1.82) is 0 Å². The minimum absolute atomic E-state index is 0.163.